The first kappa shape index (κ1) is 23.3. The molecule has 0 radical (unpaired) electrons. The van der Waals surface area contributed by atoms with Crippen molar-refractivity contribution in [2.45, 2.75) is 63.9 Å². The van der Waals surface area contributed by atoms with Gasteiger partial charge in [0.05, 0.1) is 23.7 Å². The summed E-state index contributed by atoms with van der Waals surface area (Å²) in [5.74, 6) is 1.69. The summed E-state index contributed by atoms with van der Waals surface area (Å²) in [6, 6.07) is 9.01. The predicted molar refractivity (Wildman–Crippen MR) is 121 cm³/mol. The number of aromatic nitrogens is 1. The highest BCUT2D eigenvalue weighted by Crippen LogP contribution is 2.21. The average molecular weight is 448 g/mol. The van der Waals surface area contributed by atoms with Crippen molar-refractivity contribution in [1.29, 1.82) is 0 Å². The van der Waals surface area contributed by atoms with E-state index in [9.17, 15) is 8.42 Å². The largest absolute Gasteiger partial charge is 0.359 e. The molecule has 1 aliphatic rings. The Morgan fingerprint density at radius 1 is 1.19 bits per heavy atom. The summed E-state index contributed by atoms with van der Waals surface area (Å²) >= 11 is 0. The van der Waals surface area contributed by atoms with E-state index in [4.69, 9.17) is 4.52 Å². The number of nitrogens with zero attached hydrogens (tertiary/aromatic N) is 3. The molecule has 1 saturated heterocycles. The number of aliphatic imine (C=N–C) groups is 1. The van der Waals surface area contributed by atoms with Crippen LogP contribution in [-0.4, -0.2) is 43.5 Å². The SMILES string of the molecule is CCNC(=NCc1cccc(S(=O)(=O)N2CCCCC2)c1)NCc1cc(C(C)C)no1. The van der Waals surface area contributed by atoms with Gasteiger partial charge in [0.15, 0.2) is 11.7 Å². The molecule has 0 spiro atoms. The number of rotatable bonds is 8. The van der Waals surface area contributed by atoms with Crippen molar-refractivity contribution in [2.75, 3.05) is 19.6 Å². The van der Waals surface area contributed by atoms with Crippen molar-refractivity contribution in [3.05, 3.63) is 47.3 Å². The van der Waals surface area contributed by atoms with Gasteiger partial charge < -0.3 is 15.2 Å². The lowest BCUT2D eigenvalue weighted by molar-refractivity contribution is 0.346. The molecule has 1 aromatic heterocycles. The molecule has 170 valence electrons. The molecule has 0 aliphatic carbocycles. The van der Waals surface area contributed by atoms with Crippen molar-refractivity contribution >= 4 is 16.0 Å². The number of sulfonamides is 1. The maximum atomic E-state index is 12.9. The van der Waals surface area contributed by atoms with Gasteiger partial charge in [-0.25, -0.2) is 13.4 Å². The van der Waals surface area contributed by atoms with Crippen LogP contribution in [0.5, 0.6) is 0 Å². The van der Waals surface area contributed by atoms with Crippen LogP contribution in [0.25, 0.3) is 0 Å². The molecule has 2 heterocycles. The van der Waals surface area contributed by atoms with Crippen molar-refractivity contribution in [2.24, 2.45) is 4.99 Å². The Labute approximate surface area is 185 Å². The molecule has 8 nitrogen and oxygen atoms in total. The molecule has 1 aliphatic heterocycles. The molecule has 1 aromatic carbocycles. The average Bonchev–Trinajstić information content (AvgIpc) is 3.26. The maximum absolute atomic E-state index is 12.9. The minimum absolute atomic E-state index is 0.313. The molecule has 1 fully saturated rings. The highest BCUT2D eigenvalue weighted by atomic mass is 32.2. The molecule has 0 amide bonds. The molecule has 31 heavy (non-hydrogen) atoms. The zero-order valence-electron chi connectivity index (χ0n) is 18.6. The van der Waals surface area contributed by atoms with Crippen LogP contribution in [0.1, 0.15) is 63.0 Å². The third-order valence-electron chi connectivity index (χ3n) is 5.21. The number of hydrogen-bond donors (Lipinski definition) is 2. The van der Waals surface area contributed by atoms with Gasteiger partial charge in [0.1, 0.15) is 0 Å². The zero-order chi connectivity index (χ0) is 22.3. The van der Waals surface area contributed by atoms with Gasteiger partial charge in [-0.2, -0.15) is 4.31 Å². The van der Waals surface area contributed by atoms with Crippen LogP contribution in [0.15, 0.2) is 44.7 Å². The molecule has 9 heteroatoms. The van der Waals surface area contributed by atoms with Crippen molar-refractivity contribution in [3.8, 4) is 0 Å². The van der Waals surface area contributed by atoms with E-state index in [1.54, 1.807) is 22.5 Å². The second kappa shape index (κ2) is 10.8. The Morgan fingerprint density at radius 3 is 2.65 bits per heavy atom. The standard InChI is InChI=1S/C22H33N5O3S/c1-4-23-22(25-16-19-14-21(17(2)3)26-30-19)24-15-18-9-8-10-20(13-18)31(28,29)27-11-6-5-7-12-27/h8-10,13-14,17H,4-7,11-12,15-16H2,1-3H3,(H2,23,24,25). The molecular formula is C22H33N5O3S. The number of piperidine rings is 1. The summed E-state index contributed by atoms with van der Waals surface area (Å²) in [5, 5.41) is 10.5. The van der Waals surface area contributed by atoms with Crippen LogP contribution in [0.2, 0.25) is 0 Å². The Kier molecular flexibility index (Phi) is 8.09. The fourth-order valence-electron chi connectivity index (χ4n) is 3.43. The van der Waals surface area contributed by atoms with E-state index in [2.05, 4.69) is 34.6 Å². The topological polar surface area (TPSA) is 99.8 Å². The Morgan fingerprint density at radius 2 is 1.97 bits per heavy atom. The second-order valence-corrected chi connectivity index (χ2v) is 9.97. The van der Waals surface area contributed by atoms with Crippen molar-refractivity contribution in [3.63, 3.8) is 0 Å². The quantitative estimate of drug-likeness (QED) is 0.476. The van der Waals surface area contributed by atoms with E-state index >= 15 is 0 Å². The lowest BCUT2D eigenvalue weighted by Crippen LogP contribution is -2.36. The molecule has 2 aromatic rings. The Bertz CT molecular complexity index is 979. The zero-order valence-corrected chi connectivity index (χ0v) is 19.4. The van der Waals surface area contributed by atoms with Crippen molar-refractivity contribution < 1.29 is 12.9 Å². The van der Waals surface area contributed by atoms with Gasteiger partial charge in [0.25, 0.3) is 0 Å². The highest BCUT2D eigenvalue weighted by Gasteiger charge is 2.25. The van der Waals surface area contributed by atoms with E-state index < -0.39 is 10.0 Å². The number of guanidine groups is 1. The van der Waals surface area contributed by atoms with Crippen molar-refractivity contribution in [1.82, 2.24) is 20.1 Å². The van der Waals surface area contributed by atoms with E-state index in [0.717, 1.165) is 36.3 Å². The maximum Gasteiger partial charge on any atom is 0.243 e. The first-order chi connectivity index (χ1) is 14.9. The summed E-state index contributed by atoms with van der Waals surface area (Å²) in [6.45, 7) is 8.87. The highest BCUT2D eigenvalue weighted by molar-refractivity contribution is 7.89. The van der Waals surface area contributed by atoms with Gasteiger partial charge in [-0.15, -0.1) is 0 Å². The molecule has 0 saturated carbocycles. The van der Waals surface area contributed by atoms with Gasteiger partial charge >= 0.3 is 0 Å². The van der Waals surface area contributed by atoms with Crippen LogP contribution < -0.4 is 10.6 Å². The fraction of sp³-hybridized carbons (Fsp3) is 0.545. The Hall–Kier alpha value is -2.39. The number of nitrogens with one attached hydrogen (secondary N) is 2. The van der Waals surface area contributed by atoms with E-state index in [1.165, 1.54) is 0 Å². The van der Waals surface area contributed by atoms with E-state index in [1.807, 2.05) is 19.1 Å². The van der Waals surface area contributed by atoms with Gasteiger partial charge in [0, 0.05) is 25.7 Å². The summed E-state index contributed by atoms with van der Waals surface area (Å²) in [4.78, 5) is 4.94. The smallest absolute Gasteiger partial charge is 0.243 e. The molecule has 0 atom stereocenters. The fourth-order valence-corrected chi connectivity index (χ4v) is 5.01. The lowest BCUT2D eigenvalue weighted by atomic mass is 10.1. The van der Waals surface area contributed by atoms with Gasteiger partial charge in [-0.3, -0.25) is 0 Å². The summed E-state index contributed by atoms with van der Waals surface area (Å²) in [6.07, 6.45) is 2.93. The lowest BCUT2D eigenvalue weighted by Gasteiger charge is -2.26. The third-order valence-corrected chi connectivity index (χ3v) is 7.11. The number of benzene rings is 1. The van der Waals surface area contributed by atoms with Crippen LogP contribution in [0.4, 0.5) is 0 Å². The third kappa shape index (κ3) is 6.30. The Balaban J connectivity index is 1.66. The summed E-state index contributed by atoms with van der Waals surface area (Å²) < 4.78 is 32.8. The summed E-state index contributed by atoms with van der Waals surface area (Å²) in [5.41, 5.74) is 1.77. The monoisotopic (exact) mass is 447 g/mol. The molecule has 0 unspecified atom stereocenters. The van der Waals surface area contributed by atoms with Gasteiger partial charge in [-0.1, -0.05) is 37.6 Å². The first-order valence-electron chi connectivity index (χ1n) is 11.0. The van der Waals surface area contributed by atoms with Gasteiger partial charge in [-0.05, 0) is 43.4 Å². The minimum Gasteiger partial charge on any atom is -0.359 e. The molecule has 0 bridgehead atoms. The normalized spacial score (nSPS) is 15.9. The number of hydrogen-bond acceptors (Lipinski definition) is 5. The van der Waals surface area contributed by atoms with E-state index in [-0.39, 0.29) is 0 Å². The minimum atomic E-state index is -3.45. The first-order valence-corrected chi connectivity index (χ1v) is 12.4. The van der Waals surface area contributed by atoms with Crippen LogP contribution >= 0.6 is 0 Å². The summed E-state index contributed by atoms with van der Waals surface area (Å²) in [7, 11) is -3.45. The second-order valence-electron chi connectivity index (χ2n) is 8.03. The van der Waals surface area contributed by atoms with Gasteiger partial charge in [0.2, 0.25) is 10.0 Å². The molecular weight excluding hydrogens is 414 g/mol. The predicted octanol–water partition coefficient (Wildman–Crippen LogP) is 3.23. The van der Waals surface area contributed by atoms with Crippen LogP contribution in [0.3, 0.4) is 0 Å². The van der Waals surface area contributed by atoms with Crippen LogP contribution in [0, 0.1) is 0 Å². The molecule has 3 rings (SSSR count). The van der Waals surface area contributed by atoms with E-state index in [0.29, 0.717) is 49.5 Å². The van der Waals surface area contributed by atoms with Crippen LogP contribution in [-0.2, 0) is 23.1 Å². The molecule has 2 N–H and O–H groups in total.